The number of hydrogen-bond donors (Lipinski definition) is 1. The Morgan fingerprint density at radius 2 is 1.87 bits per heavy atom. The Kier molecular flexibility index (Phi) is 6.35. The summed E-state index contributed by atoms with van der Waals surface area (Å²) in [7, 11) is 0. The van der Waals surface area contributed by atoms with Crippen molar-refractivity contribution in [1.82, 2.24) is 10.2 Å². The third-order valence-electron chi connectivity index (χ3n) is 5.14. The van der Waals surface area contributed by atoms with Gasteiger partial charge in [-0.05, 0) is 62.4 Å². The van der Waals surface area contributed by atoms with Crippen LogP contribution in [0.3, 0.4) is 0 Å². The highest BCUT2D eigenvalue weighted by atomic mass is 35.5. The zero-order chi connectivity index (χ0) is 15.6. The van der Waals surface area contributed by atoms with Crippen molar-refractivity contribution >= 4 is 29.9 Å². The summed E-state index contributed by atoms with van der Waals surface area (Å²) in [4.78, 5) is 15.1. The first-order chi connectivity index (χ1) is 10.7. The van der Waals surface area contributed by atoms with Crippen molar-refractivity contribution in [3.8, 4) is 0 Å². The molecule has 1 amide bonds. The fourth-order valence-corrected chi connectivity index (χ4v) is 3.64. The molecule has 3 rings (SSSR count). The Morgan fingerprint density at radius 1 is 1.26 bits per heavy atom. The fourth-order valence-electron chi connectivity index (χ4n) is 3.51. The van der Waals surface area contributed by atoms with Gasteiger partial charge in [0.05, 0.1) is 5.41 Å². The van der Waals surface area contributed by atoms with Crippen LogP contribution in [0.1, 0.15) is 38.2 Å². The molecule has 0 unspecified atom stereocenters. The molecule has 0 radical (unpaired) electrons. The Labute approximate surface area is 150 Å². The first-order valence-corrected chi connectivity index (χ1v) is 8.79. The van der Waals surface area contributed by atoms with Crippen molar-refractivity contribution in [3.05, 3.63) is 34.9 Å². The molecule has 1 aliphatic carbocycles. The van der Waals surface area contributed by atoms with Crippen LogP contribution in [0.5, 0.6) is 0 Å². The zero-order valence-corrected chi connectivity index (χ0v) is 15.3. The first-order valence-electron chi connectivity index (χ1n) is 8.42. The molecule has 1 N–H and O–H groups in total. The monoisotopic (exact) mass is 356 g/mol. The fraction of sp³-hybridized carbons (Fsp3) is 0.611. The van der Waals surface area contributed by atoms with Crippen molar-refractivity contribution in [3.63, 3.8) is 0 Å². The molecule has 5 heteroatoms. The van der Waals surface area contributed by atoms with Gasteiger partial charge in [0.2, 0.25) is 5.91 Å². The van der Waals surface area contributed by atoms with Crippen molar-refractivity contribution in [2.24, 2.45) is 5.92 Å². The van der Waals surface area contributed by atoms with Crippen LogP contribution in [0.4, 0.5) is 0 Å². The molecular formula is C18H26Cl2N2O. The summed E-state index contributed by atoms with van der Waals surface area (Å²) in [6.07, 6.45) is 4.19. The van der Waals surface area contributed by atoms with E-state index in [9.17, 15) is 4.79 Å². The number of amides is 1. The molecule has 1 aromatic carbocycles. The van der Waals surface area contributed by atoms with E-state index in [4.69, 9.17) is 11.6 Å². The molecule has 23 heavy (non-hydrogen) atoms. The lowest BCUT2D eigenvalue weighted by atomic mass is 9.91. The van der Waals surface area contributed by atoms with Gasteiger partial charge in [0.15, 0.2) is 0 Å². The Balaban J connectivity index is 0.00000192. The number of nitrogens with zero attached hydrogens (tertiary/aromatic N) is 1. The molecule has 0 aromatic heterocycles. The summed E-state index contributed by atoms with van der Waals surface area (Å²) >= 11 is 5.97. The molecule has 2 aliphatic rings. The molecule has 1 aliphatic heterocycles. The second kappa shape index (κ2) is 7.87. The van der Waals surface area contributed by atoms with Crippen LogP contribution in [0.2, 0.25) is 5.02 Å². The third kappa shape index (κ3) is 4.01. The largest absolute Gasteiger partial charge is 0.342 e. The number of nitrogens with one attached hydrogen (secondary N) is 1. The molecule has 2 fully saturated rings. The van der Waals surface area contributed by atoms with Gasteiger partial charge in [0.25, 0.3) is 0 Å². The Hall–Kier alpha value is -0.770. The summed E-state index contributed by atoms with van der Waals surface area (Å²) in [6.45, 7) is 6.07. The highest BCUT2D eigenvalue weighted by Gasteiger charge is 2.53. The molecular weight excluding hydrogens is 331 g/mol. The number of carbonyl (C=O) groups excluding carboxylic acids is 1. The van der Waals surface area contributed by atoms with Crippen molar-refractivity contribution < 1.29 is 4.79 Å². The smallest absolute Gasteiger partial charge is 0.233 e. The normalized spacial score (nSPS) is 20.0. The maximum Gasteiger partial charge on any atom is 0.233 e. The highest BCUT2D eigenvalue weighted by Crippen LogP contribution is 2.50. The van der Waals surface area contributed by atoms with Gasteiger partial charge in [-0.15, -0.1) is 12.4 Å². The number of halogens is 2. The van der Waals surface area contributed by atoms with E-state index in [2.05, 4.69) is 17.1 Å². The maximum absolute atomic E-state index is 13.0. The number of rotatable bonds is 5. The molecule has 0 atom stereocenters. The summed E-state index contributed by atoms with van der Waals surface area (Å²) in [5.74, 6) is 1.05. The van der Waals surface area contributed by atoms with Crippen molar-refractivity contribution in [2.75, 3.05) is 26.2 Å². The SMILES string of the molecule is CCNCC1CCN(C(=O)C2(c3ccc(Cl)cc3)CC2)CC1.Cl. The van der Waals surface area contributed by atoms with Gasteiger partial charge >= 0.3 is 0 Å². The van der Waals surface area contributed by atoms with Gasteiger partial charge < -0.3 is 10.2 Å². The van der Waals surface area contributed by atoms with Crippen LogP contribution in [0.15, 0.2) is 24.3 Å². The van der Waals surface area contributed by atoms with Gasteiger partial charge in [-0.2, -0.15) is 0 Å². The lowest BCUT2D eigenvalue weighted by molar-refractivity contribution is -0.135. The Bertz CT molecular complexity index is 520. The summed E-state index contributed by atoms with van der Waals surface area (Å²) in [5.41, 5.74) is 0.885. The van der Waals surface area contributed by atoms with Gasteiger partial charge in [-0.25, -0.2) is 0 Å². The van der Waals surface area contributed by atoms with Crippen LogP contribution < -0.4 is 5.32 Å². The second-order valence-corrected chi connectivity index (χ2v) is 7.07. The number of likely N-dealkylation sites (tertiary alicyclic amines) is 1. The van der Waals surface area contributed by atoms with Gasteiger partial charge in [0.1, 0.15) is 0 Å². The molecule has 0 bridgehead atoms. The third-order valence-corrected chi connectivity index (χ3v) is 5.39. The van der Waals surface area contributed by atoms with Gasteiger partial charge in [0, 0.05) is 18.1 Å². The predicted molar refractivity (Wildman–Crippen MR) is 97.5 cm³/mol. The van der Waals surface area contributed by atoms with Crippen molar-refractivity contribution in [2.45, 2.75) is 38.0 Å². The minimum absolute atomic E-state index is 0. The first kappa shape index (κ1) is 18.6. The van der Waals surface area contributed by atoms with E-state index in [1.807, 2.05) is 24.3 Å². The van der Waals surface area contributed by atoms with Crippen LogP contribution in [-0.4, -0.2) is 37.0 Å². The molecule has 0 spiro atoms. The average molecular weight is 357 g/mol. The summed E-state index contributed by atoms with van der Waals surface area (Å²) < 4.78 is 0. The quantitative estimate of drug-likeness (QED) is 0.873. The van der Waals surface area contributed by atoms with Gasteiger partial charge in [-0.1, -0.05) is 30.7 Å². The summed E-state index contributed by atoms with van der Waals surface area (Å²) in [5, 5.41) is 4.15. The minimum Gasteiger partial charge on any atom is -0.342 e. The van der Waals surface area contributed by atoms with E-state index >= 15 is 0 Å². The van der Waals surface area contributed by atoms with E-state index in [-0.39, 0.29) is 17.8 Å². The van der Waals surface area contributed by atoms with Crippen LogP contribution in [0, 0.1) is 5.92 Å². The van der Waals surface area contributed by atoms with E-state index in [0.717, 1.165) is 68.4 Å². The van der Waals surface area contributed by atoms with E-state index in [1.165, 1.54) is 0 Å². The maximum atomic E-state index is 13.0. The minimum atomic E-state index is -0.251. The molecule has 1 aromatic rings. The topological polar surface area (TPSA) is 32.3 Å². The van der Waals surface area contributed by atoms with Crippen LogP contribution >= 0.6 is 24.0 Å². The van der Waals surface area contributed by atoms with E-state index in [0.29, 0.717) is 5.91 Å². The van der Waals surface area contributed by atoms with Crippen LogP contribution in [0.25, 0.3) is 0 Å². The molecule has 1 saturated carbocycles. The van der Waals surface area contributed by atoms with Gasteiger partial charge in [-0.3, -0.25) is 4.79 Å². The standard InChI is InChI=1S/C18H25ClN2O.ClH/c1-2-20-13-14-7-11-21(12-8-14)17(22)18(9-10-18)15-3-5-16(19)6-4-15;/h3-6,14,20H,2,7-13H2,1H3;1H. The lowest BCUT2D eigenvalue weighted by Crippen LogP contribution is -2.45. The number of hydrogen-bond acceptors (Lipinski definition) is 2. The lowest BCUT2D eigenvalue weighted by Gasteiger charge is -2.34. The second-order valence-electron chi connectivity index (χ2n) is 6.63. The zero-order valence-electron chi connectivity index (χ0n) is 13.7. The van der Waals surface area contributed by atoms with E-state index < -0.39 is 0 Å². The molecule has 1 heterocycles. The highest BCUT2D eigenvalue weighted by molar-refractivity contribution is 6.30. The molecule has 128 valence electrons. The summed E-state index contributed by atoms with van der Waals surface area (Å²) in [6, 6.07) is 7.83. The van der Waals surface area contributed by atoms with Crippen LogP contribution in [-0.2, 0) is 10.2 Å². The number of benzene rings is 1. The Morgan fingerprint density at radius 3 is 2.39 bits per heavy atom. The molecule has 1 saturated heterocycles. The molecule has 3 nitrogen and oxygen atoms in total. The number of piperidine rings is 1. The predicted octanol–water partition coefficient (Wildman–Crippen LogP) is 3.64. The average Bonchev–Trinajstić information content (AvgIpc) is 3.35. The van der Waals surface area contributed by atoms with Crippen molar-refractivity contribution in [1.29, 1.82) is 0 Å². The number of carbonyl (C=O) groups is 1. The van der Waals surface area contributed by atoms with E-state index in [1.54, 1.807) is 0 Å².